The Hall–Kier alpha value is -0.940. The van der Waals surface area contributed by atoms with Crippen LogP contribution >= 0.6 is 11.6 Å². The highest BCUT2D eigenvalue weighted by Crippen LogP contribution is 2.47. The molecule has 6 heteroatoms. The molecule has 1 saturated carbocycles. The number of aliphatic hydroxyl groups is 1. The van der Waals surface area contributed by atoms with E-state index in [1.807, 2.05) is 0 Å². The molecule has 2 nitrogen and oxygen atoms in total. The number of hydrogen-bond donors (Lipinski definition) is 2. The van der Waals surface area contributed by atoms with Crippen LogP contribution in [0.3, 0.4) is 0 Å². The lowest BCUT2D eigenvalue weighted by Crippen LogP contribution is -2.43. The van der Waals surface area contributed by atoms with Crippen molar-refractivity contribution in [3.05, 3.63) is 28.8 Å². The molecule has 3 N–H and O–H groups in total. The van der Waals surface area contributed by atoms with Crippen LogP contribution in [0.15, 0.2) is 18.2 Å². The summed E-state index contributed by atoms with van der Waals surface area (Å²) in [5.74, 6) is 0.286. The summed E-state index contributed by atoms with van der Waals surface area (Å²) in [6, 6.07) is 3.78. The zero-order chi connectivity index (χ0) is 14.3. The molecular formula is C13H15ClF3NO. The third-order valence-electron chi connectivity index (χ3n) is 3.54. The zero-order valence-corrected chi connectivity index (χ0v) is 10.9. The van der Waals surface area contributed by atoms with Gasteiger partial charge in [-0.3, -0.25) is 0 Å². The summed E-state index contributed by atoms with van der Waals surface area (Å²) in [7, 11) is 0. The minimum Gasteiger partial charge on any atom is -0.398 e. The van der Waals surface area contributed by atoms with Crippen LogP contribution in [0.25, 0.3) is 0 Å². The molecule has 106 valence electrons. The highest BCUT2D eigenvalue weighted by molar-refractivity contribution is 6.30. The lowest BCUT2D eigenvalue weighted by Gasteiger charge is -2.32. The molecule has 1 aromatic carbocycles. The van der Waals surface area contributed by atoms with Crippen molar-refractivity contribution in [3.8, 4) is 0 Å². The summed E-state index contributed by atoms with van der Waals surface area (Å²) >= 11 is 5.71. The molecule has 0 aromatic heterocycles. The van der Waals surface area contributed by atoms with Crippen molar-refractivity contribution in [3.63, 3.8) is 0 Å². The van der Waals surface area contributed by atoms with Gasteiger partial charge in [-0.1, -0.05) is 24.4 Å². The van der Waals surface area contributed by atoms with Gasteiger partial charge in [0, 0.05) is 16.3 Å². The Kier molecular flexibility index (Phi) is 3.71. The van der Waals surface area contributed by atoms with Gasteiger partial charge in [-0.2, -0.15) is 13.2 Å². The van der Waals surface area contributed by atoms with E-state index in [1.165, 1.54) is 12.1 Å². The molecule has 2 rings (SSSR count). The van der Waals surface area contributed by atoms with E-state index in [0.717, 1.165) is 18.9 Å². The average molecular weight is 294 g/mol. The fraction of sp³-hybridized carbons (Fsp3) is 0.538. The molecule has 0 spiro atoms. The fourth-order valence-corrected chi connectivity index (χ4v) is 2.31. The van der Waals surface area contributed by atoms with Crippen LogP contribution in [0.1, 0.15) is 31.2 Å². The van der Waals surface area contributed by atoms with Crippen molar-refractivity contribution in [2.45, 2.75) is 37.5 Å². The summed E-state index contributed by atoms with van der Waals surface area (Å²) < 4.78 is 39.7. The number of rotatable bonds is 4. The van der Waals surface area contributed by atoms with Gasteiger partial charge in [0.1, 0.15) is 0 Å². The normalized spacial score (nSPS) is 19.2. The molecule has 1 aromatic rings. The lowest BCUT2D eigenvalue weighted by molar-refractivity contribution is -0.269. The Morgan fingerprint density at radius 1 is 1.32 bits per heavy atom. The first-order chi connectivity index (χ1) is 8.74. The van der Waals surface area contributed by atoms with E-state index in [9.17, 15) is 18.3 Å². The van der Waals surface area contributed by atoms with Gasteiger partial charge in [0.05, 0.1) is 0 Å². The maximum absolute atomic E-state index is 13.2. The summed E-state index contributed by atoms with van der Waals surface area (Å²) in [6.07, 6.45) is -2.97. The summed E-state index contributed by atoms with van der Waals surface area (Å²) in [5.41, 5.74) is 2.20. The van der Waals surface area contributed by atoms with E-state index in [0.29, 0.717) is 6.42 Å². The van der Waals surface area contributed by atoms with E-state index in [1.54, 1.807) is 0 Å². The summed E-state index contributed by atoms with van der Waals surface area (Å²) in [4.78, 5) is 0. The van der Waals surface area contributed by atoms with E-state index >= 15 is 0 Å². The number of halogens is 4. The van der Waals surface area contributed by atoms with E-state index in [-0.39, 0.29) is 28.6 Å². The maximum atomic E-state index is 13.2. The smallest absolute Gasteiger partial charge is 0.398 e. The molecule has 0 heterocycles. The van der Waals surface area contributed by atoms with Gasteiger partial charge >= 0.3 is 6.18 Å². The SMILES string of the molecule is Nc1ccc(Cl)cc1C(O)(CCC1CC1)C(F)(F)F. The monoisotopic (exact) mass is 293 g/mol. The van der Waals surface area contributed by atoms with Gasteiger partial charge in [-0.15, -0.1) is 0 Å². The molecule has 0 bridgehead atoms. The van der Waals surface area contributed by atoms with Crippen molar-refractivity contribution in [1.29, 1.82) is 0 Å². The molecule has 1 aliphatic rings. The van der Waals surface area contributed by atoms with Crippen LogP contribution in [0.5, 0.6) is 0 Å². The third-order valence-corrected chi connectivity index (χ3v) is 3.78. The van der Waals surface area contributed by atoms with Gasteiger partial charge in [-0.25, -0.2) is 0 Å². The summed E-state index contributed by atoms with van der Waals surface area (Å²) in [5, 5.41) is 10.3. The largest absolute Gasteiger partial charge is 0.421 e. The van der Waals surface area contributed by atoms with Crippen molar-refractivity contribution in [2.75, 3.05) is 5.73 Å². The first kappa shape index (κ1) is 14.5. The van der Waals surface area contributed by atoms with E-state index < -0.39 is 11.8 Å². The zero-order valence-electron chi connectivity index (χ0n) is 10.2. The minimum atomic E-state index is -4.78. The number of benzene rings is 1. The Morgan fingerprint density at radius 3 is 2.47 bits per heavy atom. The third kappa shape index (κ3) is 2.98. The van der Waals surface area contributed by atoms with Crippen molar-refractivity contribution < 1.29 is 18.3 Å². The van der Waals surface area contributed by atoms with Crippen LogP contribution in [0, 0.1) is 5.92 Å². The van der Waals surface area contributed by atoms with Gasteiger partial charge < -0.3 is 10.8 Å². The number of hydrogen-bond acceptors (Lipinski definition) is 2. The van der Waals surface area contributed by atoms with Crippen LogP contribution in [0.4, 0.5) is 18.9 Å². The predicted octanol–water partition coefficient (Wildman–Crippen LogP) is 3.86. The minimum absolute atomic E-state index is 0.0972. The summed E-state index contributed by atoms with van der Waals surface area (Å²) in [6.45, 7) is 0. The second kappa shape index (κ2) is 4.87. The predicted molar refractivity (Wildman–Crippen MR) is 67.8 cm³/mol. The first-order valence-electron chi connectivity index (χ1n) is 6.08. The number of nitrogen functional groups attached to an aromatic ring is 1. The average Bonchev–Trinajstić information content (AvgIpc) is 3.11. The lowest BCUT2D eigenvalue weighted by atomic mass is 9.86. The van der Waals surface area contributed by atoms with Crippen LogP contribution in [0.2, 0.25) is 5.02 Å². The standard InChI is InChI=1S/C13H15ClF3NO/c14-9-3-4-11(18)10(7-9)12(19,13(15,16)17)6-5-8-1-2-8/h3-4,7-8,19H,1-2,5-6,18H2. The Balaban J connectivity index is 2.37. The topological polar surface area (TPSA) is 46.2 Å². The Bertz CT molecular complexity index is 473. The van der Waals surface area contributed by atoms with E-state index in [4.69, 9.17) is 17.3 Å². The number of nitrogens with two attached hydrogens (primary N) is 1. The molecule has 19 heavy (non-hydrogen) atoms. The molecule has 0 amide bonds. The second-order valence-corrected chi connectivity index (χ2v) is 5.51. The van der Waals surface area contributed by atoms with Crippen molar-refractivity contribution in [1.82, 2.24) is 0 Å². The Labute approximate surface area is 114 Å². The van der Waals surface area contributed by atoms with Gasteiger partial charge in [0.2, 0.25) is 0 Å². The maximum Gasteiger partial charge on any atom is 0.421 e. The first-order valence-corrected chi connectivity index (χ1v) is 6.46. The van der Waals surface area contributed by atoms with Crippen molar-refractivity contribution in [2.24, 2.45) is 5.92 Å². The highest BCUT2D eigenvalue weighted by Gasteiger charge is 2.55. The quantitative estimate of drug-likeness (QED) is 0.828. The Morgan fingerprint density at radius 2 is 1.95 bits per heavy atom. The van der Waals surface area contributed by atoms with E-state index in [2.05, 4.69) is 0 Å². The number of alkyl halides is 3. The molecular weight excluding hydrogens is 279 g/mol. The molecule has 1 atom stereocenters. The van der Waals surface area contributed by atoms with Crippen LogP contribution < -0.4 is 5.73 Å². The number of anilines is 1. The van der Waals surface area contributed by atoms with Crippen LogP contribution in [-0.2, 0) is 5.60 Å². The molecule has 1 fully saturated rings. The molecule has 1 aliphatic carbocycles. The second-order valence-electron chi connectivity index (χ2n) is 5.07. The highest BCUT2D eigenvalue weighted by atomic mass is 35.5. The van der Waals surface area contributed by atoms with Gasteiger partial charge in [-0.05, 0) is 37.0 Å². The fourth-order valence-electron chi connectivity index (χ4n) is 2.14. The molecule has 0 saturated heterocycles. The van der Waals surface area contributed by atoms with Crippen molar-refractivity contribution >= 4 is 17.3 Å². The molecule has 0 radical (unpaired) electrons. The molecule has 0 aliphatic heterocycles. The van der Waals surface area contributed by atoms with Crippen LogP contribution in [-0.4, -0.2) is 11.3 Å². The van der Waals surface area contributed by atoms with Gasteiger partial charge in [0.15, 0.2) is 5.60 Å². The molecule has 1 unspecified atom stereocenters. The van der Waals surface area contributed by atoms with Gasteiger partial charge in [0.25, 0.3) is 0 Å².